The third-order valence-corrected chi connectivity index (χ3v) is 2.37. The lowest BCUT2D eigenvalue weighted by molar-refractivity contribution is 0.303. The lowest BCUT2D eigenvalue weighted by atomic mass is 10.1. The first-order chi connectivity index (χ1) is 8.96. The zero-order chi connectivity index (χ0) is 14.3. The molecule has 0 radical (unpaired) electrons. The van der Waals surface area contributed by atoms with Crippen LogP contribution >= 0.6 is 0 Å². The van der Waals surface area contributed by atoms with Gasteiger partial charge in [0.15, 0.2) is 0 Å². The zero-order valence-corrected chi connectivity index (χ0v) is 11.5. The van der Waals surface area contributed by atoms with E-state index in [2.05, 4.69) is 16.5 Å². The number of benzene rings is 1. The predicted octanol–water partition coefficient (Wildman–Crippen LogP) is 2.16. The SMILES string of the molecule is CC(C)(C)NC/C(COc1ccccc1C#N)=N\O. The molecule has 102 valence electrons. The molecule has 0 bridgehead atoms. The summed E-state index contributed by atoms with van der Waals surface area (Å²) >= 11 is 0. The fourth-order valence-electron chi connectivity index (χ4n) is 1.33. The summed E-state index contributed by atoms with van der Waals surface area (Å²) < 4.78 is 5.49. The number of nitrogens with zero attached hydrogens (tertiary/aromatic N) is 2. The summed E-state index contributed by atoms with van der Waals surface area (Å²) in [5.41, 5.74) is 0.867. The largest absolute Gasteiger partial charge is 0.486 e. The van der Waals surface area contributed by atoms with Crippen LogP contribution in [0.2, 0.25) is 0 Å². The maximum atomic E-state index is 8.93. The highest BCUT2D eigenvalue weighted by Gasteiger charge is 2.11. The molecular weight excluding hydrogens is 242 g/mol. The molecule has 0 unspecified atom stereocenters. The predicted molar refractivity (Wildman–Crippen MR) is 73.6 cm³/mol. The zero-order valence-electron chi connectivity index (χ0n) is 11.5. The summed E-state index contributed by atoms with van der Waals surface area (Å²) in [5.74, 6) is 0.488. The summed E-state index contributed by atoms with van der Waals surface area (Å²) in [7, 11) is 0. The Morgan fingerprint density at radius 1 is 1.42 bits per heavy atom. The molecule has 0 atom stereocenters. The van der Waals surface area contributed by atoms with Gasteiger partial charge in [0.1, 0.15) is 24.1 Å². The van der Waals surface area contributed by atoms with Crippen LogP contribution in [-0.2, 0) is 0 Å². The number of nitrogens with one attached hydrogen (secondary N) is 1. The first-order valence-corrected chi connectivity index (χ1v) is 6.03. The normalized spacial score (nSPS) is 12.0. The van der Waals surface area contributed by atoms with E-state index in [0.29, 0.717) is 23.6 Å². The maximum Gasteiger partial charge on any atom is 0.137 e. The summed E-state index contributed by atoms with van der Waals surface area (Å²) in [6, 6.07) is 9.01. The van der Waals surface area contributed by atoms with E-state index in [1.807, 2.05) is 20.8 Å². The second kappa shape index (κ2) is 6.76. The van der Waals surface area contributed by atoms with E-state index in [9.17, 15) is 0 Å². The van der Waals surface area contributed by atoms with Gasteiger partial charge in [-0.2, -0.15) is 5.26 Å². The quantitative estimate of drug-likeness (QED) is 0.483. The van der Waals surface area contributed by atoms with Crippen LogP contribution < -0.4 is 10.1 Å². The van der Waals surface area contributed by atoms with Crippen molar-refractivity contribution in [1.82, 2.24) is 5.32 Å². The van der Waals surface area contributed by atoms with Crippen molar-refractivity contribution in [2.24, 2.45) is 5.16 Å². The van der Waals surface area contributed by atoms with Gasteiger partial charge in [-0.25, -0.2) is 0 Å². The number of nitriles is 1. The first-order valence-electron chi connectivity index (χ1n) is 6.03. The molecule has 2 N–H and O–H groups in total. The molecule has 0 aliphatic heterocycles. The van der Waals surface area contributed by atoms with Gasteiger partial charge >= 0.3 is 0 Å². The molecule has 19 heavy (non-hydrogen) atoms. The van der Waals surface area contributed by atoms with Crippen LogP contribution in [0.3, 0.4) is 0 Å². The van der Waals surface area contributed by atoms with Gasteiger partial charge in [-0.15, -0.1) is 0 Å². The van der Waals surface area contributed by atoms with E-state index in [0.717, 1.165) is 0 Å². The van der Waals surface area contributed by atoms with Gasteiger partial charge in [0.25, 0.3) is 0 Å². The molecule has 1 rings (SSSR count). The topological polar surface area (TPSA) is 77.6 Å². The fourth-order valence-corrected chi connectivity index (χ4v) is 1.33. The maximum absolute atomic E-state index is 8.93. The molecule has 0 fully saturated rings. The summed E-state index contributed by atoms with van der Waals surface area (Å²) in [6.07, 6.45) is 0. The molecule has 0 aromatic heterocycles. The number of hydrogen-bond acceptors (Lipinski definition) is 5. The Labute approximate surface area is 113 Å². The molecule has 0 heterocycles. The van der Waals surface area contributed by atoms with E-state index < -0.39 is 0 Å². The highest BCUT2D eigenvalue weighted by molar-refractivity contribution is 5.87. The van der Waals surface area contributed by atoms with E-state index in [4.69, 9.17) is 15.2 Å². The standard InChI is InChI=1S/C14H19N3O2/c1-14(2,3)16-9-12(17-18)10-19-13-7-5-4-6-11(13)8-15/h4-7,16,18H,9-10H2,1-3H3/b17-12+. The van der Waals surface area contributed by atoms with Gasteiger partial charge in [-0.1, -0.05) is 17.3 Å². The molecule has 1 aromatic carbocycles. The highest BCUT2D eigenvalue weighted by Crippen LogP contribution is 2.16. The molecule has 0 spiro atoms. The summed E-state index contributed by atoms with van der Waals surface area (Å²) in [4.78, 5) is 0. The van der Waals surface area contributed by atoms with E-state index in [1.165, 1.54) is 0 Å². The van der Waals surface area contributed by atoms with Crippen molar-refractivity contribution in [2.45, 2.75) is 26.3 Å². The minimum atomic E-state index is -0.0689. The van der Waals surface area contributed by atoms with Crippen molar-refractivity contribution in [1.29, 1.82) is 5.26 Å². The molecule has 0 amide bonds. The van der Waals surface area contributed by atoms with Gasteiger partial charge in [0.05, 0.1) is 5.56 Å². The first kappa shape index (κ1) is 15.0. The third-order valence-electron chi connectivity index (χ3n) is 2.37. The van der Waals surface area contributed by atoms with E-state index in [-0.39, 0.29) is 12.1 Å². The van der Waals surface area contributed by atoms with E-state index >= 15 is 0 Å². The molecule has 1 aromatic rings. The molecule has 0 aliphatic carbocycles. The number of para-hydroxylation sites is 1. The average molecular weight is 261 g/mol. The Morgan fingerprint density at radius 2 is 2.11 bits per heavy atom. The number of oxime groups is 1. The Morgan fingerprint density at radius 3 is 2.68 bits per heavy atom. The molecule has 5 nitrogen and oxygen atoms in total. The van der Waals surface area contributed by atoms with Gasteiger partial charge < -0.3 is 15.3 Å². The molecule has 5 heteroatoms. The number of rotatable bonds is 5. The smallest absolute Gasteiger partial charge is 0.137 e. The van der Waals surface area contributed by atoms with Crippen molar-refractivity contribution in [2.75, 3.05) is 13.2 Å². The second-order valence-electron chi connectivity index (χ2n) is 5.17. The monoisotopic (exact) mass is 261 g/mol. The second-order valence-corrected chi connectivity index (χ2v) is 5.17. The molecule has 0 aliphatic rings. The van der Waals surface area contributed by atoms with Crippen LogP contribution in [0.1, 0.15) is 26.3 Å². The summed E-state index contributed by atoms with van der Waals surface area (Å²) in [5, 5.41) is 24.3. The van der Waals surface area contributed by atoms with Crippen molar-refractivity contribution >= 4 is 5.71 Å². The average Bonchev–Trinajstić information content (AvgIpc) is 2.38. The van der Waals surface area contributed by atoms with Crippen molar-refractivity contribution in [3.8, 4) is 11.8 Å². The van der Waals surface area contributed by atoms with Crippen LogP contribution in [0.4, 0.5) is 0 Å². The third kappa shape index (κ3) is 5.40. The molecular formula is C14H19N3O2. The van der Waals surface area contributed by atoms with Gasteiger partial charge in [0, 0.05) is 12.1 Å². The van der Waals surface area contributed by atoms with Crippen LogP contribution in [0, 0.1) is 11.3 Å². The minimum Gasteiger partial charge on any atom is -0.486 e. The molecule has 0 saturated carbocycles. The Kier molecular flexibility index (Phi) is 5.34. The van der Waals surface area contributed by atoms with Gasteiger partial charge in [-0.05, 0) is 32.9 Å². The number of ether oxygens (including phenoxy) is 1. The van der Waals surface area contributed by atoms with Crippen LogP contribution in [-0.4, -0.2) is 29.6 Å². The number of hydrogen-bond donors (Lipinski definition) is 2. The minimum absolute atomic E-state index is 0.0689. The van der Waals surface area contributed by atoms with Crippen molar-refractivity contribution in [3.63, 3.8) is 0 Å². The van der Waals surface area contributed by atoms with E-state index in [1.54, 1.807) is 24.3 Å². The van der Waals surface area contributed by atoms with Gasteiger partial charge in [-0.3, -0.25) is 0 Å². The Balaban J connectivity index is 2.57. The molecule has 0 saturated heterocycles. The van der Waals surface area contributed by atoms with Crippen molar-refractivity contribution in [3.05, 3.63) is 29.8 Å². The lowest BCUT2D eigenvalue weighted by Crippen LogP contribution is -2.40. The van der Waals surface area contributed by atoms with Crippen LogP contribution in [0.15, 0.2) is 29.4 Å². The van der Waals surface area contributed by atoms with Crippen molar-refractivity contribution < 1.29 is 9.94 Å². The Hall–Kier alpha value is -2.06. The van der Waals surface area contributed by atoms with Crippen LogP contribution in [0.5, 0.6) is 5.75 Å². The fraction of sp³-hybridized carbons (Fsp3) is 0.429. The highest BCUT2D eigenvalue weighted by atomic mass is 16.5. The Bertz CT molecular complexity index is 484. The van der Waals surface area contributed by atoms with Gasteiger partial charge in [0.2, 0.25) is 0 Å². The summed E-state index contributed by atoms with van der Waals surface area (Å²) in [6.45, 7) is 6.63. The van der Waals surface area contributed by atoms with Crippen LogP contribution in [0.25, 0.3) is 0 Å². The lowest BCUT2D eigenvalue weighted by Gasteiger charge is -2.20.